The van der Waals surface area contributed by atoms with E-state index < -0.39 is 11.9 Å². The average molecular weight is 174 g/mol. The third-order valence-corrected chi connectivity index (χ3v) is 2.10. The molecule has 1 aliphatic rings. The molecule has 1 rings (SSSR count). The standard InChI is InChI=1S/C8H14O4/c1-8(7(10-2)11-3)5-4-6(9)12-8/h7H,4-5H2,1-3H3. The highest BCUT2D eigenvalue weighted by Gasteiger charge is 2.43. The van der Waals surface area contributed by atoms with Crippen molar-refractivity contribution in [2.75, 3.05) is 14.2 Å². The number of ether oxygens (including phenoxy) is 3. The fourth-order valence-electron chi connectivity index (χ4n) is 1.47. The van der Waals surface area contributed by atoms with Crippen molar-refractivity contribution in [2.24, 2.45) is 0 Å². The molecular weight excluding hydrogens is 160 g/mol. The van der Waals surface area contributed by atoms with Gasteiger partial charge in [-0.2, -0.15) is 0 Å². The van der Waals surface area contributed by atoms with Crippen LogP contribution >= 0.6 is 0 Å². The quantitative estimate of drug-likeness (QED) is 0.466. The zero-order valence-corrected chi connectivity index (χ0v) is 7.62. The van der Waals surface area contributed by atoms with Gasteiger partial charge in [0.1, 0.15) is 0 Å². The third-order valence-electron chi connectivity index (χ3n) is 2.10. The van der Waals surface area contributed by atoms with E-state index >= 15 is 0 Å². The van der Waals surface area contributed by atoms with Crippen LogP contribution < -0.4 is 0 Å². The number of hydrogen-bond acceptors (Lipinski definition) is 4. The van der Waals surface area contributed by atoms with Crippen molar-refractivity contribution >= 4 is 5.97 Å². The smallest absolute Gasteiger partial charge is 0.306 e. The first-order valence-electron chi connectivity index (χ1n) is 3.90. The number of carbonyl (C=O) groups is 1. The van der Waals surface area contributed by atoms with E-state index in [9.17, 15) is 4.79 Å². The van der Waals surface area contributed by atoms with Crippen molar-refractivity contribution in [3.8, 4) is 0 Å². The first kappa shape index (κ1) is 9.48. The molecule has 1 saturated heterocycles. The maximum atomic E-state index is 10.9. The average Bonchev–Trinajstić information content (AvgIpc) is 2.34. The lowest BCUT2D eigenvalue weighted by atomic mass is 10.0. The molecule has 0 N–H and O–H groups in total. The summed E-state index contributed by atoms with van der Waals surface area (Å²) >= 11 is 0. The van der Waals surface area contributed by atoms with Gasteiger partial charge in [0.15, 0.2) is 11.9 Å². The largest absolute Gasteiger partial charge is 0.454 e. The highest BCUT2D eigenvalue weighted by molar-refractivity contribution is 5.72. The summed E-state index contributed by atoms with van der Waals surface area (Å²) in [5, 5.41) is 0. The second-order valence-electron chi connectivity index (χ2n) is 3.09. The van der Waals surface area contributed by atoms with Crippen LogP contribution in [0.2, 0.25) is 0 Å². The topological polar surface area (TPSA) is 44.8 Å². The lowest BCUT2D eigenvalue weighted by molar-refractivity contribution is -0.213. The van der Waals surface area contributed by atoms with Crippen LogP contribution in [0.5, 0.6) is 0 Å². The second-order valence-corrected chi connectivity index (χ2v) is 3.09. The highest BCUT2D eigenvalue weighted by atomic mass is 16.7. The molecule has 1 aliphatic heterocycles. The zero-order valence-electron chi connectivity index (χ0n) is 7.62. The summed E-state index contributed by atoms with van der Waals surface area (Å²) in [4.78, 5) is 10.9. The molecule has 0 saturated carbocycles. The lowest BCUT2D eigenvalue weighted by Gasteiger charge is -2.29. The Hall–Kier alpha value is -0.610. The van der Waals surface area contributed by atoms with Crippen LogP contribution in [0.3, 0.4) is 0 Å². The molecule has 0 bridgehead atoms. The normalized spacial score (nSPS) is 29.5. The summed E-state index contributed by atoms with van der Waals surface area (Å²) in [5.41, 5.74) is -0.611. The molecule has 1 unspecified atom stereocenters. The van der Waals surface area contributed by atoms with Gasteiger partial charge in [-0.25, -0.2) is 0 Å². The molecule has 0 spiro atoms. The van der Waals surface area contributed by atoms with Crippen molar-refractivity contribution in [3.63, 3.8) is 0 Å². The van der Waals surface area contributed by atoms with E-state index in [0.717, 1.165) is 0 Å². The minimum Gasteiger partial charge on any atom is -0.454 e. The molecule has 0 amide bonds. The van der Waals surface area contributed by atoms with Crippen molar-refractivity contribution in [2.45, 2.75) is 31.7 Å². The van der Waals surface area contributed by atoms with Crippen molar-refractivity contribution in [1.82, 2.24) is 0 Å². The van der Waals surface area contributed by atoms with Crippen LogP contribution in [0.1, 0.15) is 19.8 Å². The van der Waals surface area contributed by atoms with Gasteiger partial charge in [-0.3, -0.25) is 4.79 Å². The monoisotopic (exact) mass is 174 g/mol. The summed E-state index contributed by atoms with van der Waals surface area (Å²) < 4.78 is 15.2. The lowest BCUT2D eigenvalue weighted by Crippen LogP contribution is -2.41. The SMILES string of the molecule is COC(OC)C1(C)CCC(=O)O1. The van der Waals surface area contributed by atoms with Gasteiger partial charge in [0.25, 0.3) is 0 Å². The first-order chi connectivity index (χ1) is 5.62. The van der Waals surface area contributed by atoms with Gasteiger partial charge >= 0.3 is 5.97 Å². The molecule has 0 radical (unpaired) electrons. The molecule has 0 aliphatic carbocycles. The van der Waals surface area contributed by atoms with E-state index in [-0.39, 0.29) is 5.97 Å². The number of rotatable bonds is 3. The Kier molecular flexibility index (Phi) is 2.69. The number of esters is 1. The molecule has 1 heterocycles. The molecule has 1 atom stereocenters. The molecular formula is C8H14O4. The Bertz CT molecular complexity index is 176. The molecule has 12 heavy (non-hydrogen) atoms. The Morgan fingerprint density at radius 1 is 1.50 bits per heavy atom. The van der Waals surface area contributed by atoms with E-state index in [1.165, 1.54) is 14.2 Å². The van der Waals surface area contributed by atoms with Gasteiger partial charge < -0.3 is 14.2 Å². The summed E-state index contributed by atoms with van der Waals surface area (Å²) in [7, 11) is 3.07. The number of carbonyl (C=O) groups excluding carboxylic acids is 1. The number of hydrogen-bond donors (Lipinski definition) is 0. The zero-order chi connectivity index (χ0) is 9.19. The number of cyclic esters (lactones) is 1. The maximum absolute atomic E-state index is 10.9. The summed E-state index contributed by atoms with van der Waals surface area (Å²) in [5.74, 6) is -0.184. The predicted molar refractivity (Wildman–Crippen MR) is 41.5 cm³/mol. The van der Waals surface area contributed by atoms with E-state index in [0.29, 0.717) is 12.8 Å². The van der Waals surface area contributed by atoms with Gasteiger partial charge in [0, 0.05) is 27.1 Å². The first-order valence-corrected chi connectivity index (χ1v) is 3.90. The van der Waals surface area contributed by atoms with Crippen LogP contribution in [-0.4, -0.2) is 32.1 Å². The van der Waals surface area contributed by atoms with E-state index in [1.54, 1.807) is 0 Å². The minimum atomic E-state index is -0.611. The highest BCUT2D eigenvalue weighted by Crippen LogP contribution is 2.31. The van der Waals surface area contributed by atoms with Gasteiger partial charge in [-0.1, -0.05) is 0 Å². The van der Waals surface area contributed by atoms with Gasteiger partial charge in [0.2, 0.25) is 0 Å². The van der Waals surface area contributed by atoms with Gasteiger partial charge in [-0.05, 0) is 6.92 Å². The van der Waals surface area contributed by atoms with Crippen LogP contribution in [-0.2, 0) is 19.0 Å². The molecule has 4 heteroatoms. The Morgan fingerprint density at radius 3 is 2.42 bits per heavy atom. The molecule has 0 aromatic carbocycles. The Balaban J connectivity index is 2.64. The van der Waals surface area contributed by atoms with Crippen LogP contribution in [0.4, 0.5) is 0 Å². The molecule has 0 aromatic heterocycles. The third kappa shape index (κ3) is 1.59. The molecule has 4 nitrogen and oxygen atoms in total. The van der Waals surface area contributed by atoms with Crippen LogP contribution in [0.15, 0.2) is 0 Å². The van der Waals surface area contributed by atoms with Crippen LogP contribution in [0.25, 0.3) is 0 Å². The van der Waals surface area contributed by atoms with Gasteiger partial charge in [-0.15, -0.1) is 0 Å². The maximum Gasteiger partial charge on any atom is 0.306 e. The minimum absolute atomic E-state index is 0.184. The number of methoxy groups -OCH3 is 2. The fourth-order valence-corrected chi connectivity index (χ4v) is 1.47. The van der Waals surface area contributed by atoms with E-state index in [2.05, 4.69) is 0 Å². The van der Waals surface area contributed by atoms with Crippen molar-refractivity contribution in [3.05, 3.63) is 0 Å². The fraction of sp³-hybridized carbons (Fsp3) is 0.875. The molecule has 70 valence electrons. The van der Waals surface area contributed by atoms with Gasteiger partial charge in [0.05, 0.1) is 0 Å². The van der Waals surface area contributed by atoms with Crippen molar-refractivity contribution < 1.29 is 19.0 Å². The predicted octanol–water partition coefficient (Wildman–Crippen LogP) is 0.701. The Labute approximate surface area is 71.8 Å². The summed E-state index contributed by atoms with van der Waals surface area (Å²) in [6.07, 6.45) is 0.627. The molecule has 1 fully saturated rings. The van der Waals surface area contributed by atoms with Crippen LogP contribution in [0, 0.1) is 0 Å². The van der Waals surface area contributed by atoms with E-state index in [4.69, 9.17) is 14.2 Å². The Morgan fingerprint density at radius 2 is 2.08 bits per heavy atom. The second kappa shape index (κ2) is 3.41. The summed E-state index contributed by atoms with van der Waals surface area (Å²) in [6.45, 7) is 1.82. The summed E-state index contributed by atoms with van der Waals surface area (Å²) in [6, 6.07) is 0. The molecule has 0 aromatic rings. The van der Waals surface area contributed by atoms with E-state index in [1.807, 2.05) is 6.92 Å². The van der Waals surface area contributed by atoms with Crippen molar-refractivity contribution in [1.29, 1.82) is 0 Å².